The number of rotatable bonds is 6. The third-order valence-corrected chi connectivity index (χ3v) is 7.49. The monoisotopic (exact) mass is 515 g/mol. The molecule has 2 aliphatic heterocycles. The quantitative estimate of drug-likeness (QED) is 0.362. The van der Waals surface area contributed by atoms with Crippen molar-refractivity contribution in [3.63, 3.8) is 0 Å². The maximum atomic E-state index is 13.3. The molecular weight excluding hydrogens is 482 g/mol. The Morgan fingerprint density at radius 3 is 2.42 bits per heavy atom. The largest absolute Gasteiger partial charge is 0.368 e. The molecule has 1 fully saturated rings. The molecule has 0 saturated carbocycles. The van der Waals surface area contributed by atoms with Crippen LogP contribution in [-0.4, -0.2) is 72.0 Å². The highest BCUT2D eigenvalue weighted by Gasteiger charge is 2.30. The summed E-state index contributed by atoms with van der Waals surface area (Å²) in [6.45, 7) is 8.85. The first-order valence-electron chi connectivity index (χ1n) is 13.1. The summed E-state index contributed by atoms with van der Waals surface area (Å²) in [5, 5.41) is 11.4. The number of para-hydroxylation sites is 1. The predicted octanol–water partition coefficient (Wildman–Crippen LogP) is 3.67. The molecule has 5 rings (SSSR count). The van der Waals surface area contributed by atoms with Crippen molar-refractivity contribution in [2.45, 2.75) is 26.8 Å². The first kappa shape index (κ1) is 25.4. The maximum Gasteiger partial charge on any atom is 0.273 e. The topological polar surface area (TPSA) is 99.0 Å². The van der Waals surface area contributed by atoms with Crippen LogP contribution in [0, 0.1) is 17.0 Å². The normalized spacial score (nSPS) is 15.3. The van der Waals surface area contributed by atoms with Crippen LogP contribution >= 0.6 is 0 Å². The van der Waals surface area contributed by atoms with Gasteiger partial charge in [0.15, 0.2) is 0 Å². The third kappa shape index (κ3) is 4.98. The average Bonchev–Trinajstić information content (AvgIpc) is 2.96. The molecule has 10 nitrogen and oxygen atoms in total. The highest BCUT2D eigenvalue weighted by Crippen LogP contribution is 2.30. The van der Waals surface area contributed by atoms with Crippen molar-refractivity contribution in [1.29, 1.82) is 0 Å². The second-order valence-electron chi connectivity index (χ2n) is 9.83. The number of nitro groups is 1. The van der Waals surface area contributed by atoms with Crippen LogP contribution in [0.1, 0.15) is 34.1 Å². The second kappa shape index (κ2) is 10.6. The van der Waals surface area contributed by atoms with E-state index in [0.29, 0.717) is 30.6 Å². The van der Waals surface area contributed by atoms with Crippen molar-refractivity contribution in [3.05, 3.63) is 81.0 Å². The Balaban J connectivity index is 1.37. The van der Waals surface area contributed by atoms with Gasteiger partial charge in [0.1, 0.15) is 5.82 Å². The number of anilines is 3. The first-order chi connectivity index (χ1) is 18.4. The molecule has 38 heavy (non-hydrogen) atoms. The molecule has 0 N–H and O–H groups in total. The van der Waals surface area contributed by atoms with Gasteiger partial charge < -0.3 is 19.6 Å². The summed E-state index contributed by atoms with van der Waals surface area (Å²) in [7, 11) is 2.00. The van der Waals surface area contributed by atoms with Crippen LogP contribution in [0.4, 0.5) is 23.1 Å². The van der Waals surface area contributed by atoms with Crippen molar-refractivity contribution < 1.29 is 9.72 Å². The Labute approximate surface area is 222 Å². The Morgan fingerprint density at radius 2 is 1.74 bits per heavy atom. The van der Waals surface area contributed by atoms with E-state index in [1.165, 1.54) is 11.8 Å². The Bertz CT molecular complexity index is 1340. The van der Waals surface area contributed by atoms with Gasteiger partial charge in [-0.05, 0) is 32.0 Å². The molecule has 0 unspecified atom stereocenters. The van der Waals surface area contributed by atoms with Gasteiger partial charge >= 0.3 is 0 Å². The number of hydrogen-bond acceptors (Lipinski definition) is 8. The lowest BCUT2D eigenvalue weighted by atomic mass is 10.0. The van der Waals surface area contributed by atoms with E-state index < -0.39 is 4.92 Å². The summed E-state index contributed by atoms with van der Waals surface area (Å²) >= 11 is 0. The fraction of sp³-hybridized carbons (Fsp3) is 0.393. The lowest BCUT2D eigenvalue weighted by molar-refractivity contribution is -0.385. The van der Waals surface area contributed by atoms with Gasteiger partial charge in [-0.25, -0.2) is 4.98 Å². The molecule has 0 radical (unpaired) electrons. The van der Waals surface area contributed by atoms with Gasteiger partial charge in [0.05, 0.1) is 17.2 Å². The van der Waals surface area contributed by atoms with Crippen molar-refractivity contribution >= 4 is 29.0 Å². The van der Waals surface area contributed by atoms with Gasteiger partial charge in [-0.2, -0.15) is 4.98 Å². The zero-order valence-corrected chi connectivity index (χ0v) is 22.1. The Morgan fingerprint density at radius 1 is 1.03 bits per heavy atom. The number of carbonyl (C=O) groups excluding carboxylic acids is 1. The number of fused-ring (bicyclic) bond motifs is 1. The lowest BCUT2D eigenvalue weighted by Crippen LogP contribution is -2.47. The lowest BCUT2D eigenvalue weighted by Gasteiger charge is -2.37. The number of aromatic nitrogens is 2. The van der Waals surface area contributed by atoms with Crippen LogP contribution in [0.25, 0.3) is 0 Å². The number of benzene rings is 2. The molecule has 0 bridgehead atoms. The molecule has 198 valence electrons. The van der Waals surface area contributed by atoms with E-state index in [2.05, 4.69) is 45.9 Å². The fourth-order valence-electron chi connectivity index (χ4n) is 5.09. The second-order valence-corrected chi connectivity index (χ2v) is 9.83. The van der Waals surface area contributed by atoms with Gasteiger partial charge in [-0.15, -0.1) is 0 Å². The minimum absolute atomic E-state index is 0.0417. The molecule has 10 heteroatoms. The molecule has 0 aliphatic carbocycles. The van der Waals surface area contributed by atoms with E-state index in [1.54, 1.807) is 24.0 Å². The third-order valence-electron chi connectivity index (χ3n) is 7.49. The van der Waals surface area contributed by atoms with Crippen molar-refractivity contribution in [2.24, 2.45) is 0 Å². The van der Waals surface area contributed by atoms with Crippen LogP contribution in [0.2, 0.25) is 0 Å². The predicted molar refractivity (Wildman–Crippen MR) is 148 cm³/mol. The molecular formula is C28H33N7O3. The van der Waals surface area contributed by atoms with E-state index in [-0.39, 0.29) is 11.6 Å². The number of aryl methyl sites for hydroxylation is 1. The van der Waals surface area contributed by atoms with E-state index >= 15 is 0 Å². The zero-order valence-electron chi connectivity index (χ0n) is 22.1. The smallest absolute Gasteiger partial charge is 0.273 e. The zero-order chi connectivity index (χ0) is 26.8. The molecule has 2 aromatic carbocycles. The summed E-state index contributed by atoms with van der Waals surface area (Å²) in [4.78, 5) is 42.7. The van der Waals surface area contributed by atoms with Gasteiger partial charge in [0.2, 0.25) is 5.95 Å². The van der Waals surface area contributed by atoms with Crippen LogP contribution in [0.3, 0.4) is 0 Å². The first-order valence-corrected chi connectivity index (χ1v) is 13.1. The van der Waals surface area contributed by atoms with Crippen LogP contribution < -0.4 is 14.7 Å². The fourth-order valence-corrected chi connectivity index (χ4v) is 5.09. The molecule has 3 aromatic rings. The maximum absolute atomic E-state index is 13.3. The SMILES string of the molecule is CCN(C)c1nc(N2CCN(c3ccccc3)CC2)nc2c1CN(C(=O)c1ccc(C)c([N+](=O)[O-])c1)CC2. The van der Waals surface area contributed by atoms with Crippen molar-refractivity contribution in [2.75, 3.05) is 61.0 Å². The van der Waals surface area contributed by atoms with Gasteiger partial charge in [0, 0.05) is 81.2 Å². The summed E-state index contributed by atoms with van der Waals surface area (Å²) in [6, 6.07) is 15.1. The number of nitro benzene ring substituents is 1. The molecule has 1 saturated heterocycles. The van der Waals surface area contributed by atoms with Gasteiger partial charge in [-0.3, -0.25) is 14.9 Å². The average molecular weight is 516 g/mol. The highest BCUT2D eigenvalue weighted by molar-refractivity contribution is 5.95. The van der Waals surface area contributed by atoms with Gasteiger partial charge in [0.25, 0.3) is 11.6 Å². The van der Waals surface area contributed by atoms with E-state index in [1.807, 2.05) is 13.1 Å². The minimum Gasteiger partial charge on any atom is -0.368 e. The minimum atomic E-state index is -0.443. The van der Waals surface area contributed by atoms with Crippen LogP contribution in [0.15, 0.2) is 48.5 Å². The van der Waals surface area contributed by atoms with Crippen LogP contribution in [0.5, 0.6) is 0 Å². The van der Waals surface area contributed by atoms with Gasteiger partial charge in [-0.1, -0.05) is 24.3 Å². The molecule has 0 spiro atoms. The standard InChI is InChI=1S/C28H33N7O3/c1-4-31(3)26-23-19-34(27(36)21-11-10-20(2)25(18-21)35(37)38)13-12-24(23)29-28(30-26)33-16-14-32(15-17-33)22-8-6-5-7-9-22/h5-11,18H,4,12-17,19H2,1-3H3. The highest BCUT2D eigenvalue weighted by atomic mass is 16.6. The molecule has 0 atom stereocenters. The molecule has 2 aliphatic rings. The summed E-state index contributed by atoms with van der Waals surface area (Å²) in [6.07, 6.45) is 0.610. The Hall–Kier alpha value is -4.21. The number of nitrogens with zero attached hydrogens (tertiary/aromatic N) is 7. The van der Waals surface area contributed by atoms with Crippen molar-refractivity contribution in [1.82, 2.24) is 14.9 Å². The number of piperazine rings is 1. The number of amides is 1. The van der Waals surface area contributed by atoms with Crippen LogP contribution in [-0.2, 0) is 13.0 Å². The van der Waals surface area contributed by atoms with Crippen molar-refractivity contribution in [3.8, 4) is 0 Å². The van der Waals surface area contributed by atoms with E-state index in [9.17, 15) is 14.9 Å². The summed E-state index contributed by atoms with van der Waals surface area (Å²) in [5.74, 6) is 1.36. The number of carbonyl (C=O) groups is 1. The summed E-state index contributed by atoms with van der Waals surface area (Å²) < 4.78 is 0. The molecule has 1 amide bonds. The molecule has 1 aromatic heterocycles. The Kier molecular flexibility index (Phi) is 7.13. The summed E-state index contributed by atoms with van der Waals surface area (Å²) in [5.41, 5.74) is 3.96. The number of hydrogen-bond donors (Lipinski definition) is 0. The van der Waals surface area contributed by atoms with E-state index in [0.717, 1.165) is 55.7 Å². The molecule has 3 heterocycles. The van der Waals surface area contributed by atoms with E-state index in [4.69, 9.17) is 9.97 Å².